The van der Waals surface area contributed by atoms with Crippen molar-refractivity contribution in [1.82, 2.24) is 0 Å². The molecule has 0 amide bonds. The van der Waals surface area contributed by atoms with Gasteiger partial charge in [-0.2, -0.15) is 0 Å². The van der Waals surface area contributed by atoms with Crippen LogP contribution in [0.3, 0.4) is 0 Å². The maximum Gasteiger partial charge on any atom is 0.0562 e. The SMILES string of the molecule is CCCCC(O)CCO.CCCOCCC. The highest BCUT2D eigenvalue weighted by molar-refractivity contribution is 4.53. The normalized spacial score (nSPS) is 11.8. The summed E-state index contributed by atoms with van der Waals surface area (Å²) in [6, 6.07) is 0. The number of aliphatic hydroxyl groups is 2. The Morgan fingerprint density at radius 1 is 0.938 bits per heavy atom. The molecule has 0 aliphatic carbocycles. The molecular formula is C13H30O3. The molecule has 16 heavy (non-hydrogen) atoms. The van der Waals surface area contributed by atoms with Gasteiger partial charge in [0, 0.05) is 19.8 Å². The molecule has 0 radical (unpaired) electrons. The van der Waals surface area contributed by atoms with Crippen LogP contribution in [0.15, 0.2) is 0 Å². The lowest BCUT2D eigenvalue weighted by atomic mass is 10.1. The first-order valence-electron chi connectivity index (χ1n) is 6.59. The summed E-state index contributed by atoms with van der Waals surface area (Å²) in [7, 11) is 0. The topological polar surface area (TPSA) is 49.7 Å². The highest BCUT2D eigenvalue weighted by Gasteiger charge is 1.99. The van der Waals surface area contributed by atoms with Gasteiger partial charge in [-0.25, -0.2) is 0 Å². The number of rotatable bonds is 9. The minimum atomic E-state index is -0.282. The van der Waals surface area contributed by atoms with Crippen molar-refractivity contribution in [1.29, 1.82) is 0 Å². The molecular weight excluding hydrogens is 204 g/mol. The van der Waals surface area contributed by atoms with E-state index in [1.54, 1.807) is 0 Å². The maximum atomic E-state index is 9.02. The Morgan fingerprint density at radius 3 is 1.88 bits per heavy atom. The van der Waals surface area contributed by atoms with Gasteiger partial charge in [0.05, 0.1) is 6.10 Å². The summed E-state index contributed by atoms with van der Waals surface area (Å²) in [6.07, 6.45) is 5.52. The van der Waals surface area contributed by atoms with Crippen LogP contribution < -0.4 is 0 Å². The summed E-state index contributed by atoms with van der Waals surface area (Å²) in [5, 5.41) is 17.4. The fourth-order valence-corrected chi connectivity index (χ4v) is 1.12. The Morgan fingerprint density at radius 2 is 1.50 bits per heavy atom. The van der Waals surface area contributed by atoms with Gasteiger partial charge in [-0.1, -0.05) is 33.6 Å². The van der Waals surface area contributed by atoms with E-state index in [0.29, 0.717) is 6.42 Å². The molecule has 0 aromatic rings. The maximum absolute atomic E-state index is 9.02. The van der Waals surface area contributed by atoms with E-state index in [0.717, 1.165) is 45.3 Å². The molecule has 0 bridgehead atoms. The van der Waals surface area contributed by atoms with Crippen LogP contribution in [0.2, 0.25) is 0 Å². The van der Waals surface area contributed by atoms with Crippen LogP contribution >= 0.6 is 0 Å². The highest BCUT2D eigenvalue weighted by atomic mass is 16.5. The molecule has 0 saturated heterocycles. The Hall–Kier alpha value is -0.120. The van der Waals surface area contributed by atoms with E-state index in [1.165, 1.54) is 0 Å². The molecule has 3 nitrogen and oxygen atoms in total. The third-order valence-electron chi connectivity index (χ3n) is 2.05. The number of unbranched alkanes of at least 4 members (excludes halogenated alkanes) is 1. The van der Waals surface area contributed by atoms with Crippen molar-refractivity contribution in [2.24, 2.45) is 0 Å². The largest absolute Gasteiger partial charge is 0.396 e. The van der Waals surface area contributed by atoms with Crippen LogP contribution in [0.1, 0.15) is 59.3 Å². The fraction of sp³-hybridized carbons (Fsp3) is 1.00. The van der Waals surface area contributed by atoms with Gasteiger partial charge in [0.2, 0.25) is 0 Å². The molecule has 1 unspecified atom stereocenters. The monoisotopic (exact) mass is 234 g/mol. The van der Waals surface area contributed by atoms with Gasteiger partial charge in [-0.05, 0) is 25.7 Å². The third kappa shape index (κ3) is 19.5. The molecule has 0 aromatic carbocycles. The first-order chi connectivity index (χ1) is 7.72. The minimum Gasteiger partial charge on any atom is -0.396 e. The van der Waals surface area contributed by atoms with E-state index in [9.17, 15) is 0 Å². The summed E-state index contributed by atoms with van der Waals surface area (Å²) in [4.78, 5) is 0. The minimum absolute atomic E-state index is 0.102. The van der Waals surface area contributed by atoms with Gasteiger partial charge >= 0.3 is 0 Å². The molecule has 0 fully saturated rings. The summed E-state index contributed by atoms with van der Waals surface area (Å²) < 4.78 is 5.13. The predicted octanol–water partition coefficient (Wildman–Crippen LogP) is 2.74. The Balaban J connectivity index is 0. The van der Waals surface area contributed by atoms with Crippen molar-refractivity contribution < 1.29 is 14.9 Å². The van der Waals surface area contributed by atoms with Crippen LogP contribution in [0, 0.1) is 0 Å². The van der Waals surface area contributed by atoms with Gasteiger partial charge < -0.3 is 14.9 Å². The van der Waals surface area contributed by atoms with E-state index in [-0.39, 0.29) is 12.7 Å². The molecule has 0 spiro atoms. The molecule has 1 atom stereocenters. The van der Waals surface area contributed by atoms with Crippen LogP contribution in [-0.2, 0) is 4.74 Å². The highest BCUT2D eigenvalue weighted by Crippen LogP contribution is 2.02. The van der Waals surface area contributed by atoms with Crippen molar-refractivity contribution in [3.05, 3.63) is 0 Å². The van der Waals surface area contributed by atoms with E-state index in [4.69, 9.17) is 14.9 Å². The van der Waals surface area contributed by atoms with Gasteiger partial charge in [0.1, 0.15) is 0 Å². The standard InChI is InChI=1S/C7H16O2.C6H14O/c1-2-3-4-7(9)5-6-8;1-3-5-7-6-4-2/h7-9H,2-6H2,1H3;3-6H2,1-2H3. The molecule has 0 rings (SSSR count). The van der Waals surface area contributed by atoms with E-state index >= 15 is 0 Å². The van der Waals surface area contributed by atoms with Gasteiger partial charge in [0.25, 0.3) is 0 Å². The number of aliphatic hydroxyl groups excluding tert-OH is 2. The zero-order valence-corrected chi connectivity index (χ0v) is 11.2. The Bertz CT molecular complexity index is 103. The van der Waals surface area contributed by atoms with Gasteiger partial charge in [0.15, 0.2) is 0 Å². The molecule has 100 valence electrons. The summed E-state index contributed by atoms with van der Waals surface area (Å²) in [5.74, 6) is 0. The predicted molar refractivity (Wildman–Crippen MR) is 68.6 cm³/mol. The lowest BCUT2D eigenvalue weighted by Crippen LogP contribution is -2.07. The number of ether oxygens (including phenoxy) is 1. The van der Waals surface area contributed by atoms with E-state index in [1.807, 2.05) is 0 Å². The zero-order valence-electron chi connectivity index (χ0n) is 11.2. The lowest BCUT2D eigenvalue weighted by molar-refractivity contribution is 0.123. The van der Waals surface area contributed by atoms with E-state index in [2.05, 4.69) is 20.8 Å². The molecule has 2 N–H and O–H groups in total. The second-order valence-corrected chi connectivity index (χ2v) is 3.92. The molecule has 0 saturated carbocycles. The second kappa shape index (κ2) is 17.3. The van der Waals surface area contributed by atoms with Crippen LogP contribution in [0.25, 0.3) is 0 Å². The molecule has 0 aliphatic rings. The average molecular weight is 234 g/mol. The summed E-state index contributed by atoms with van der Waals surface area (Å²) in [6.45, 7) is 8.28. The molecule has 0 heterocycles. The zero-order chi connectivity index (χ0) is 12.6. The average Bonchev–Trinajstić information content (AvgIpc) is 2.28. The molecule has 3 heteroatoms. The lowest BCUT2D eigenvalue weighted by Gasteiger charge is -2.05. The smallest absolute Gasteiger partial charge is 0.0562 e. The van der Waals surface area contributed by atoms with Crippen molar-refractivity contribution in [2.75, 3.05) is 19.8 Å². The van der Waals surface area contributed by atoms with Gasteiger partial charge in [-0.15, -0.1) is 0 Å². The molecule has 0 aliphatic heterocycles. The van der Waals surface area contributed by atoms with Crippen molar-refractivity contribution in [3.63, 3.8) is 0 Å². The van der Waals surface area contributed by atoms with Gasteiger partial charge in [-0.3, -0.25) is 0 Å². The van der Waals surface area contributed by atoms with Crippen molar-refractivity contribution in [3.8, 4) is 0 Å². The number of hydrogen-bond acceptors (Lipinski definition) is 3. The molecule has 0 aromatic heterocycles. The third-order valence-corrected chi connectivity index (χ3v) is 2.05. The number of hydrogen-bond donors (Lipinski definition) is 2. The van der Waals surface area contributed by atoms with Crippen LogP contribution in [-0.4, -0.2) is 36.1 Å². The quantitative estimate of drug-likeness (QED) is 0.603. The van der Waals surface area contributed by atoms with Crippen LogP contribution in [0.4, 0.5) is 0 Å². The Kier molecular flexibility index (Phi) is 19.7. The van der Waals surface area contributed by atoms with Crippen LogP contribution in [0.5, 0.6) is 0 Å². The second-order valence-electron chi connectivity index (χ2n) is 3.92. The van der Waals surface area contributed by atoms with Crippen molar-refractivity contribution >= 4 is 0 Å². The van der Waals surface area contributed by atoms with E-state index < -0.39 is 0 Å². The summed E-state index contributed by atoms with van der Waals surface area (Å²) >= 11 is 0. The Labute approximate surface area is 101 Å². The first kappa shape index (κ1) is 18.3. The summed E-state index contributed by atoms with van der Waals surface area (Å²) in [5.41, 5.74) is 0. The first-order valence-corrected chi connectivity index (χ1v) is 6.59. The van der Waals surface area contributed by atoms with Crippen molar-refractivity contribution in [2.45, 2.75) is 65.4 Å². The fourth-order valence-electron chi connectivity index (χ4n) is 1.12.